The van der Waals surface area contributed by atoms with Crippen LogP contribution in [0.25, 0.3) is 6.08 Å². The monoisotopic (exact) mass is 248 g/mol. The molecule has 1 aromatic carbocycles. The molecule has 0 saturated carbocycles. The number of rotatable bonds is 5. The second-order valence-corrected chi connectivity index (χ2v) is 10.4. The first-order chi connectivity index (χ1) is 7.97. The van der Waals surface area contributed by atoms with Crippen molar-refractivity contribution in [1.29, 1.82) is 0 Å². The van der Waals surface area contributed by atoms with Crippen LogP contribution in [0.5, 0.6) is 0 Å². The molecule has 0 saturated heterocycles. The second kappa shape index (κ2) is 6.55. The molecule has 0 heterocycles. The van der Waals surface area contributed by atoms with E-state index in [1.807, 2.05) is 6.08 Å². The van der Waals surface area contributed by atoms with E-state index in [2.05, 4.69) is 37.5 Å². The van der Waals surface area contributed by atoms with Crippen LogP contribution >= 0.6 is 0 Å². The summed E-state index contributed by atoms with van der Waals surface area (Å²) in [5, 5.41) is 0. The molecular formula is C15H21FSi. The lowest BCUT2D eigenvalue weighted by Crippen LogP contribution is -2.15. The molecule has 17 heavy (non-hydrogen) atoms. The Balaban J connectivity index is 2.32. The maximum Gasteiger partial charge on any atom is 0.123 e. The van der Waals surface area contributed by atoms with Crippen LogP contribution in [-0.2, 0) is 0 Å². The van der Waals surface area contributed by atoms with Crippen molar-refractivity contribution < 1.29 is 4.39 Å². The Kier molecular flexibility index (Phi) is 5.36. The average Bonchev–Trinajstić information content (AvgIpc) is 2.24. The molecule has 1 aromatic rings. The van der Waals surface area contributed by atoms with Gasteiger partial charge in [-0.1, -0.05) is 55.7 Å². The normalized spacial score (nSPS) is 12.7. The molecule has 2 heteroatoms. The van der Waals surface area contributed by atoms with Gasteiger partial charge < -0.3 is 0 Å². The zero-order chi connectivity index (χ0) is 12.7. The molecular weight excluding hydrogens is 227 g/mol. The molecule has 0 N–H and O–H groups in total. The van der Waals surface area contributed by atoms with E-state index in [4.69, 9.17) is 0 Å². The van der Waals surface area contributed by atoms with Crippen molar-refractivity contribution >= 4 is 14.1 Å². The lowest BCUT2D eigenvalue weighted by Gasteiger charge is -2.07. The smallest absolute Gasteiger partial charge is 0.123 e. The van der Waals surface area contributed by atoms with E-state index < -0.39 is 8.07 Å². The second-order valence-electron chi connectivity index (χ2n) is 5.30. The summed E-state index contributed by atoms with van der Waals surface area (Å²) >= 11 is 0. The molecule has 0 unspecified atom stereocenters. The molecule has 0 radical (unpaired) electrons. The van der Waals surface area contributed by atoms with Crippen molar-refractivity contribution in [1.82, 2.24) is 0 Å². The average molecular weight is 248 g/mol. The molecule has 0 atom stereocenters. The predicted octanol–water partition coefficient (Wildman–Crippen LogP) is 5.05. The van der Waals surface area contributed by atoms with Gasteiger partial charge in [-0.05, 0) is 30.5 Å². The fourth-order valence-corrected chi connectivity index (χ4v) is 2.30. The number of unbranched alkanes of at least 4 members (excludes halogenated alkanes) is 1. The zero-order valence-corrected chi connectivity index (χ0v) is 11.9. The highest BCUT2D eigenvalue weighted by Gasteiger charge is 2.05. The van der Waals surface area contributed by atoms with Gasteiger partial charge in [0, 0.05) is 0 Å². The Morgan fingerprint density at radius 3 is 2.18 bits per heavy atom. The standard InChI is InChI=1S/C15H21FSi/c1-17(2,3)13-7-5-4-6-8-14-9-11-15(16)12-10-14/h6-13H,4-5H2,1-3H3. The van der Waals surface area contributed by atoms with Crippen LogP contribution in [0.3, 0.4) is 0 Å². The summed E-state index contributed by atoms with van der Waals surface area (Å²) in [6.45, 7) is 6.99. The zero-order valence-electron chi connectivity index (χ0n) is 10.9. The fourth-order valence-electron chi connectivity index (χ4n) is 1.42. The van der Waals surface area contributed by atoms with Gasteiger partial charge in [0.05, 0.1) is 8.07 Å². The Morgan fingerprint density at radius 2 is 1.59 bits per heavy atom. The van der Waals surface area contributed by atoms with Gasteiger partial charge in [-0.15, -0.1) is 0 Å². The highest BCUT2D eigenvalue weighted by molar-refractivity contribution is 6.80. The molecule has 0 aliphatic carbocycles. The van der Waals surface area contributed by atoms with Gasteiger partial charge in [0.1, 0.15) is 5.82 Å². The Labute approximate surface area is 105 Å². The number of halogens is 1. The van der Waals surface area contributed by atoms with E-state index in [0.29, 0.717) is 0 Å². The van der Waals surface area contributed by atoms with Gasteiger partial charge in [0.15, 0.2) is 0 Å². The maximum atomic E-state index is 12.7. The van der Waals surface area contributed by atoms with Gasteiger partial charge in [-0.2, -0.15) is 0 Å². The third-order valence-corrected chi connectivity index (χ3v) is 3.53. The summed E-state index contributed by atoms with van der Waals surface area (Å²) in [7, 11) is -1.03. The summed E-state index contributed by atoms with van der Waals surface area (Å²) in [6.07, 6.45) is 8.59. The number of hydrogen-bond donors (Lipinski definition) is 0. The summed E-state index contributed by atoms with van der Waals surface area (Å²) in [6, 6.07) is 6.57. The molecule has 0 spiro atoms. The molecule has 0 aromatic heterocycles. The SMILES string of the molecule is C[Si](C)(C)C=CCCC=Cc1ccc(F)cc1. The van der Waals surface area contributed by atoms with Gasteiger partial charge in [0.2, 0.25) is 0 Å². The molecule has 92 valence electrons. The minimum atomic E-state index is -1.03. The molecule has 0 nitrogen and oxygen atoms in total. The predicted molar refractivity (Wildman–Crippen MR) is 77.2 cm³/mol. The number of allylic oxidation sites excluding steroid dienone is 2. The summed E-state index contributed by atoms with van der Waals surface area (Å²) in [4.78, 5) is 0. The number of benzene rings is 1. The highest BCUT2D eigenvalue weighted by atomic mass is 28.3. The molecule has 0 fully saturated rings. The van der Waals surface area contributed by atoms with Crippen molar-refractivity contribution in [2.24, 2.45) is 0 Å². The van der Waals surface area contributed by atoms with Crippen LogP contribution in [-0.4, -0.2) is 8.07 Å². The largest absolute Gasteiger partial charge is 0.207 e. The summed E-state index contributed by atoms with van der Waals surface area (Å²) in [5.41, 5.74) is 3.43. The Bertz CT molecular complexity index is 382. The van der Waals surface area contributed by atoms with Crippen molar-refractivity contribution in [3.63, 3.8) is 0 Å². The molecule has 1 rings (SSSR count). The van der Waals surface area contributed by atoms with E-state index >= 15 is 0 Å². The number of hydrogen-bond acceptors (Lipinski definition) is 0. The molecule has 0 bridgehead atoms. The van der Waals surface area contributed by atoms with Gasteiger partial charge in [0.25, 0.3) is 0 Å². The Hall–Kier alpha value is -1.15. The van der Waals surface area contributed by atoms with Gasteiger partial charge in [-0.3, -0.25) is 0 Å². The topological polar surface area (TPSA) is 0 Å². The molecule has 0 aliphatic rings. The summed E-state index contributed by atoms with van der Waals surface area (Å²) < 4.78 is 12.7. The van der Waals surface area contributed by atoms with E-state index in [9.17, 15) is 4.39 Å². The van der Waals surface area contributed by atoms with E-state index in [0.717, 1.165) is 18.4 Å². The summed E-state index contributed by atoms with van der Waals surface area (Å²) in [5.74, 6) is -0.180. The van der Waals surface area contributed by atoms with Crippen molar-refractivity contribution in [2.75, 3.05) is 0 Å². The van der Waals surface area contributed by atoms with Crippen LogP contribution in [0.1, 0.15) is 18.4 Å². The third kappa shape index (κ3) is 6.90. The van der Waals surface area contributed by atoms with Crippen LogP contribution < -0.4 is 0 Å². The van der Waals surface area contributed by atoms with E-state index in [1.54, 1.807) is 12.1 Å². The minimum absolute atomic E-state index is 0.180. The van der Waals surface area contributed by atoms with Gasteiger partial charge in [-0.25, -0.2) is 4.39 Å². The van der Waals surface area contributed by atoms with Crippen LogP contribution in [0, 0.1) is 5.82 Å². The van der Waals surface area contributed by atoms with Crippen molar-refractivity contribution in [3.8, 4) is 0 Å². The first-order valence-electron chi connectivity index (χ1n) is 6.07. The van der Waals surface area contributed by atoms with Crippen molar-refractivity contribution in [2.45, 2.75) is 32.5 Å². The highest BCUT2D eigenvalue weighted by Crippen LogP contribution is 2.07. The van der Waals surface area contributed by atoms with Crippen molar-refractivity contribution in [3.05, 3.63) is 53.5 Å². The molecule has 0 aliphatic heterocycles. The third-order valence-electron chi connectivity index (χ3n) is 2.30. The fraction of sp³-hybridized carbons (Fsp3) is 0.333. The molecule has 0 amide bonds. The van der Waals surface area contributed by atoms with E-state index in [-0.39, 0.29) is 5.82 Å². The lowest BCUT2D eigenvalue weighted by atomic mass is 10.2. The van der Waals surface area contributed by atoms with Gasteiger partial charge >= 0.3 is 0 Å². The maximum absolute atomic E-state index is 12.7. The minimum Gasteiger partial charge on any atom is -0.207 e. The van der Waals surface area contributed by atoms with Crippen LogP contribution in [0.4, 0.5) is 4.39 Å². The van der Waals surface area contributed by atoms with E-state index in [1.165, 1.54) is 12.1 Å². The van der Waals surface area contributed by atoms with Crippen LogP contribution in [0.15, 0.2) is 42.1 Å². The first kappa shape index (κ1) is 13.9. The van der Waals surface area contributed by atoms with Crippen LogP contribution in [0.2, 0.25) is 19.6 Å². The first-order valence-corrected chi connectivity index (χ1v) is 9.65. The Morgan fingerprint density at radius 1 is 1.00 bits per heavy atom. The quantitative estimate of drug-likeness (QED) is 0.505. The lowest BCUT2D eigenvalue weighted by molar-refractivity contribution is 0.628.